The first kappa shape index (κ1) is 17.7. The van der Waals surface area contributed by atoms with Crippen LogP contribution in [0.25, 0.3) is 22.4 Å². The quantitative estimate of drug-likeness (QED) is 0.741. The van der Waals surface area contributed by atoms with Crippen molar-refractivity contribution in [2.45, 2.75) is 25.1 Å². The lowest BCUT2D eigenvalue weighted by atomic mass is 10.1. The lowest BCUT2D eigenvalue weighted by molar-refractivity contribution is -0.137. The third-order valence-electron chi connectivity index (χ3n) is 4.91. The van der Waals surface area contributed by atoms with E-state index in [0.717, 1.165) is 32.0 Å². The molecule has 6 nitrogen and oxygen atoms in total. The molecule has 9 heteroatoms. The maximum atomic E-state index is 12.8. The Balaban J connectivity index is 1.69. The number of phenolic OH excluding ortho intramolecular Hbond substituents is 1. The number of fused-ring (bicyclic) bond motifs is 1. The van der Waals surface area contributed by atoms with Crippen LogP contribution in [0.4, 0.5) is 13.2 Å². The molecule has 27 heavy (non-hydrogen) atoms. The fourth-order valence-electron chi connectivity index (χ4n) is 3.52. The fraction of sp³-hybridized carbons (Fsp3) is 0.389. The molecule has 1 aliphatic heterocycles. The van der Waals surface area contributed by atoms with Gasteiger partial charge in [0.1, 0.15) is 11.3 Å². The number of likely N-dealkylation sites (tertiary alicyclic amines) is 1. The van der Waals surface area contributed by atoms with Gasteiger partial charge >= 0.3 is 6.18 Å². The zero-order valence-electron chi connectivity index (χ0n) is 14.6. The molecular weight excluding hydrogens is 359 g/mol. The molecule has 4 rings (SSSR count). The molecule has 0 spiro atoms. The molecule has 1 atom stereocenters. The van der Waals surface area contributed by atoms with Crippen LogP contribution in [-0.4, -0.2) is 49.9 Å². The second-order valence-corrected chi connectivity index (χ2v) is 6.88. The molecule has 1 N–H and O–H groups in total. The molecule has 0 radical (unpaired) electrons. The van der Waals surface area contributed by atoms with Crippen LogP contribution in [0.5, 0.6) is 5.75 Å². The topological polar surface area (TPSA) is 67.1 Å². The number of nitrogens with zero attached hydrogens (tertiary/aromatic N) is 5. The van der Waals surface area contributed by atoms with Crippen molar-refractivity contribution >= 4 is 11.2 Å². The zero-order valence-corrected chi connectivity index (χ0v) is 14.6. The lowest BCUT2D eigenvalue weighted by Crippen LogP contribution is -2.33. The molecule has 3 heterocycles. The number of aromatic nitrogens is 4. The highest BCUT2D eigenvalue weighted by Crippen LogP contribution is 2.36. The molecule has 1 fully saturated rings. The average molecular weight is 377 g/mol. The van der Waals surface area contributed by atoms with Gasteiger partial charge in [-0.15, -0.1) is 10.2 Å². The number of aromatic hydroxyl groups is 1. The van der Waals surface area contributed by atoms with Gasteiger partial charge in [-0.1, -0.05) is 0 Å². The Kier molecular flexibility index (Phi) is 4.26. The van der Waals surface area contributed by atoms with E-state index in [0.29, 0.717) is 17.2 Å². The van der Waals surface area contributed by atoms with Crippen molar-refractivity contribution in [3.63, 3.8) is 0 Å². The smallest absolute Gasteiger partial charge is 0.416 e. The Morgan fingerprint density at radius 3 is 2.70 bits per heavy atom. The molecule has 1 aromatic carbocycles. The van der Waals surface area contributed by atoms with Gasteiger partial charge in [-0.2, -0.15) is 13.2 Å². The van der Waals surface area contributed by atoms with Crippen molar-refractivity contribution in [1.82, 2.24) is 24.6 Å². The Hall–Kier alpha value is -2.68. The van der Waals surface area contributed by atoms with Gasteiger partial charge in [0.05, 0.1) is 17.6 Å². The number of piperidine rings is 1. The van der Waals surface area contributed by atoms with Gasteiger partial charge in [-0.25, -0.2) is 4.98 Å². The highest BCUT2D eigenvalue weighted by Gasteiger charge is 2.31. The van der Waals surface area contributed by atoms with Gasteiger partial charge in [0, 0.05) is 18.2 Å². The molecule has 0 aliphatic carbocycles. The van der Waals surface area contributed by atoms with Crippen LogP contribution >= 0.6 is 0 Å². The monoisotopic (exact) mass is 377 g/mol. The summed E-state index contributed by atoms with van der Waals surface area (Å²) in [6.07, 6.45) is -0.679. The summed E-state index contributed by atoms with van der Waals surface area (Å²) in [4.78, 5) is 6.62. The fourth-order valence-corrected chi connectivity index (χ4v) is 3.52. The minimum Gasteiger partial charge on any atom is -0.507 e. The lowest BCUT2D eigenvalue weighted by Gasteiger charge is -2.30. The summed E-state index contributed by atoms with van der Waals surface area (Å²) in [6, 6.07) is 4.69. The normalized spacial score (nSPS) is 18.9. The van der Waals surface area contributed by atoms with Crippen molar-refractivity contribution in [2.75, 3.05) is 20.1 Å². The maximum Gasteiger partial charge on any atom is 0.416 e. The summed E-state index contributed by atoms with van der Waals surface area (Å²) >= 11 is 0. The van der Waals surface area contributed by atoms with Gasteiger partial charge < -0.3 is 14.6 Å². The van der Waals surface area contributed by atoms with Gasteiger partial charge in [0.15, 0.2) is 5.65 Å². The number of imidazole rings is 1. The highest BCUT2D eigenvalue weighted by atomic mass is 19.4. The highest BCUT2D eigenvalue weighted by molar-refractivity contribution is 5.78. The Bertz CT molecular complexity index is 985. The number of halogens is 3. The van der Waals surface area contributed by atoms with Crippen molar-refractivity contribution in [3.8, 4) is 17.0 Å². The van der Waals surface area contributed by atoms with Gasteiger partial charge in [0.25, 0.3) is 0 Å². The SMILES string of the molecule is CN1CCC[C@H](n2cnc3cc(-c4ccc(C(F)(F)F)cc4O)nnc32)C1. The van der Waals surface area contributed by atoms with Crippen LogP contribution in [0.2, 0.25) is 0 Å². The minimum atomic E-state index is -4.52. The predicted molar refractivity (Wildman–Crippen MR) is 93.2 cm³/mol. The predicted octanol–water partition coefficient (Wildman–Crippen LogP) is 3.48. The molecule has 1 saturated heterocycles. The summed E-state index contributed by atoms with van der Waals surface area (Å²) in [5.41, 5.74) is 0.769. The zero-order chi connectivity index (χ0) is 19.2. The average Bonchev–Trinajstić information content (AvgIpc) is 3.04. The molecule has 0 bridgehead atoms. The third-order valence-corrected chi connectivity index (χ3v) is 4.91. The Labute approximate surface area is 153 Å². The van der Waals surface area contributed by atoms with Crippen molar-refractivity contribution < 1.29 is 18.3 Å². The van der Waals surface area contributed by atoms with E-state index < -0.39 is 17.5 Å². The molecule has 2 aromatic heterocycles. The van der Waals surface area contributed by atoms with Crippen LogP contribution in [0.3, 0.4) is 0 Å². The van der Waals surface area contributed by atoms with Crippen molar-refractivity contribution in [2.24, 2.45) is 0 Å². The third kappa shape index (κ3) is 3.34. The Morgan fingerprint density at radius 2 is 2.00 bits per heavy atom. The standard InChI is InChI=1S/C18H18F3N5O/c1-25-6-2-3-12(9-25)26-10-22-15-8-14(23-24-17(15)26)13-5-4-11(7-16(13)27)18(19,20)21/h4-5,7-8,10,12,27H,2-3,6,9H2,1H3/t12-/m0/s1. The van der Waals surface area contributed by atoms with Crippen LogP contribution in [0, 0.1) is 0 Å². The van der Waals surface area contributed by atoms with E-state index in [9.17, 15) is 18.3 Å². The molecular formula is C18H18F3N5O. The molecule has 0 unspecified atom stereocenters. The summed E-state index contributed by atoms with van der Waals surface area (Å²) < 4.78 is 40.3. The van der Waals surface area contributed by atoms with Gasteiger partial charge in [-0.05, 0) is 50.7 Å². The second kappa shape index (κ2) is 6.49. The minimum absolute atomic E-state index is 0.185. The number of benzene rings is 1. The van der Waals surface area contributed by atoms with E-state index in [2.05, 4.69) is 27.1 Å². The van der Waals surface area contributed by atoms with E-state index >= 15 is 0 Å². The number of phenols is 1. The van der Waals surface area contributed by atoms with Crippen LogP contribution in [0.15, 0.2) is 30.6 Å². The number of rotatable bonds is 2. The maximum absolute atomic E-state index is 12.8. The van der Waals surface area contributed by atoms with E-state index in [1.54, 1.807) is 12.4 Å². The van der Waals surface area contributed by atoms with Crippen molar-refractivity contribution in [1.29, 1.82) is 0 Å². The van der Waals surface area contributed by atoms with E-state index in [-0.39, 0.29) is 17.3 Å². The van der Waals surface area contributed by atoms with Gasteiger partial charge in [-0.3, -0.25) is 0 Å². The summed E-state index contributed by atoms with van der Waals surface area (Å²) in [7, 11) is 2.07. The summed E-state index contributed by atoms with van der Waals surface area (Å²) in [6.45, 7) is 1.96. The molecule has 3 aromatic rings. The van der Waals surface area contributed by atoms with Crippen LogP contribution < -0.4 is 0 Å². The number of likely N-dealkylation sites (N-methyl/N-ethyl adjacent to an activating group) is 1. The molecule has 0 saturated carbocycles. The van der Waals surface area contributed by atoms with Crippen molar-refractivity contribution in [3.05, 3.63) is 36.2 Å². The largest absolute Gasteiger partial charge is 0.507 e. The van der Waals surface area contributed by atoms with Crippen LogP contribution in [0.1, 0.15) is 24.4 Å². The molecule has 142 valence electrons. The van der Waals surface area contributed by atoms with E-state index in [1.165, 1.54) is 6.07 Å². The molecule has 0 amide bonds. The van der Waals surface area contributed by atoms with Gasteiger partial charge in [0.2, 0.25) is 0 Å². The van der Waals surface area contributed by atoms with E-state index in [1.807, 2.05) is 4.57 Å². The first-order valence-electron chi connectivity index (χ1n) is 8.62. The Morgan fingerprint density at radius 1 is 1.19 bits per heavy atom. The van der Waals surface area contributed by atoms with Crippen LogP contribution in [-0.2, 0) is 6.18 Å². The number of alkyl halides is 3. The second-order valence-electron chi connectivity index (χ2n) is 6.88. The molecule has 1 aliphatic rings. The number of hydrogen-bond donors (Lipinski definition) is 1. The summed E-state index contributed by atoms with van der Waals surface area (Å²) in [5.74, 6) is -0.494. The van der Waals surface area contributed by atoms with E-state index in [4.69, 9.17) is 0 Å². The first-order chi connectivity index (χ1) is 12.8. The number of hydrogen-bond acceptors (Lipinski definition) is 5. The summed E-state index contributed by atoms with van der Waals surface area (Å²) in [5, 5.41) is 18.4. The first-order valence-corrected chi connectivity index (χ1v) is 8.62.